The summed E-state index contributed by atoms with van der Waals surface area (Å²) in [6, 6.07) is 2.98. The lowest BCUT2D eigenvalue weighted by molar-refractivity contribution is 0.157. The molecule has 2 rings (SSSR count). The van der Waals surface area contributed by atoms with Gasteiger partial charge in [-0.15, -0.1) is 0 Å². The summed E-state index contributed by atoms with van der Waals surface area (Å²) >= 11 is 0. The fraction of sp³-hybridized carbons (Fsp3) is 0.533. The van der Waals surface area contributed by atoms with Gasteiger partial charge in [-0.1, -0.05) is 19.9 Å². The van der Waals surface area contributed by atoms with Crippen LogP contribution in [0.5, 0.6) is 0 Å². The number of β-amino-alcohol motifs (C(OH)–C–C–N with tert-alkyl or cyclic N) is 1. The number of nitrogens with one attached hydrogen (secondary N) is 2. The van der Waals surface area contributed by atoms with Gasteiger partial charge < -0.3 is 10.4 Å². The van der Waals surface area contributed by atoms with Crippen LogP contribution in [0.3, 0.4) is 0 Å². The number of aromatic amines is 1. The van der Waals surface area contributed by atoms with E-state index in [1.807, 2.05) is 0 Å². The number of hydrogen-bond donors (Lipinski definition) is 3. The van der Waals surface area contributed by atoms with E-state index < -0.39 is 6.10 Å². The second-order valence-electron chi connectivity index (χ2n) is 5.46. The van der Waals surface area contributed by atoms with Gasteiger partial charge in [0.25, 0.3) is 0 Å². The third-order valence-electron chi connectivity index (χ3n) is 4.24. The first kappa shape index (κ1) is 14.9. The summed E-state index contributed by atoms with van der Waals surface area (Å²) in [5, 5.41) is 20.9. The average molecular weight is 279 g/mol. The van der Waals surface area contributed by atoms with Gasteiger partial charge in [-0.3, -0.25) is 5.10 Å². The van der Waals surface area contributed by atoms with Crippen molar-refractivity contribution in [2.45, 2.75) is 45.3 Å². The maximum atomic E-state index is 13.6. The molecule has 0 fully saturated rings. The smallest absolute Gasteiger partial charge is 0.148 e. The maximum absolute atomic E-state index is 13.6. The largest absolute Gasteiger partial charge is 0.387 e. The van der Waals surface area contributed by atoms with Crippen LogP contribution >= 0.6 is 0 Å². The summed E-state index contributed by atoms with van der Waals surface area (Å²) < 4.78 is 13.6. The number of benzene rings is 1. The van der Waals surface area contributed by atoms with Gasteiger partial charge in [0.1, 0.15) is 11.3 Å². The first-order chi connectivity index (χ1) is 9.50. The Morgan fingerprint density at radius 3 is 2.75 bits per heavy atom. The molecule has 20 heavy (non-hydrogen) atoms. The van der Waals surface area contributed by atoms with Gasteiger partial charge in [0.05, 0.1) is 12.3 Å². The summed E-state index contributed by atoms with van der Waals surface area (Å²) in [7, 11) is 0. The number of hydrogen-bond acceptors (Lipinski definition) is 3. The molecule has 0 bridgehead atoms. The van der Waals surface area contributed by atoms with Crippen molar-refractivity contribution in [1.82, 2.24) is 15.5 Å². The first-order valence-corrected chi connectivity index (χ1v) is 7.05. The quantitative estimate of drug-likeness (QED) is 0.762. The third-order valence-corrected chi connectivity index (χ3v) is 4.24. The lowest BCUT2D eigenvalue weighted by Gasteiger charge is -2.29. The van der Waals surface area contributed by atoms with Gasteiger partial charge in [-0.2, -0.15) is 5.10 Å². The number of aliphatic hydroxyl groups is 1. The number of fused-ring (bicyclic) bond motifs is 1. The van der Waals surface area contributed by atoms with Gasteiger partial charge >= 0.3 is 0 Å². The third kappa shape index (κ3) is 2.83. The highest BCUT2D eigenvalue weighted by Gasteiger charge is 2.21. The summed E-state index contributed by atoms with van der Waals surface area (Å²) in [5.41, 5.74) is 1.05. The number of rotatable bonds is 6. The van der Waals surface area contributed by atoms with Gasteiger partial charge in [-0.25, -0.2) is 4.39 Å². The molecule has 0 amide bonds. The summed E-state index contributed by atoms with van der Waals surface area (Å²) in [6.07, 6.45) is 2.84. The van der Waals surface area contributed by atoms with Crippen LogP contribution in [0.15, 0.2) is 18.3 Å². The molecule has 0 radical (unpaired) electrons. The van der Waals surface area contributed by atoms with E-state index in [4.69, 9.17) is 0 Å². The Bertz CT molecular complexity index is 578. The molecule has 1 heterocycles. The van der Waals surface area contributed by atoms with Crippen LogP contribution in [0, 0.1) is 5.82 Å². The van der Waals surface area contributed by atoms with E-state index in [1.54, 1.807) is 12.3 Å². The molecule has 0 aliphatic carbocycles. The van der Waals surface area contributed by atoms with E-state index in [1.165, 1.54) is 6.07 Å². The molecule has 1 atom stereocenters. The van der Waals surface area contributed by atoms with E-state index in [-0.39, 0.29) is 11.4 Å². The molecular formula is C15H22FN3O. The van der Waals surface area contributed by atoms with Crippen LogP contribution in [0.4, 0.5) is 4.39 Å². The predicted octanol–water partition coefficient (Wildman–Crippen LogP) is 2.90. The minimum Gasteiger partial charge on any atom is -0.387 e. The van der Waals surface area contributed by atoms with Gasteiger partial charge in [-0.05, 0) is 31.4 Å². The highest BCUT2D eigenvalue weighted by atomic mass is 19.1. The molecule has 3 N–H and O–H groups in total. The van der Waals surface area contributed by atoms with Crippen LogP contribution in [0.1, 0.15) is 45.3 Å². The molecule has 0 aliphatic rings. The molecule has 1 aromatic heterocycles. The van der Waals surface area contributed by atoms with E-state index >= 15 is 0 Å². The molecule has 0 spiro atoms. The molecule has 5 heteroatoms. The Morgan fingerprint density at radius 2 is 2.10 bits per heavy atom. The van der Waals surface area contributed by atoms with Crippen molar-refractivity contribution < 1.29 is 9.50 Å². The van der Waals surface area contributed by atoms with Crippen LogP contribution < -0.4 is 5.32 Å². The molecule has 1 aromatic carbocycles. The Labute approximate surface area is 118 Å². The van der Waals surface area contributed by atoms with Crippen molar-refractivity contribution in [3.05, 3.63) is 29.7 Å². The second kappa shape index (κ2) is 5.89. The standard InChI is InChI=1S/C15H22FN3O/c1-4-15(3,5-2)17-9-13(20)10-6-7-12(16)14-11(10)8-18-19-14/h6-8,13,17,20H,4-5,9H2,1-3H3,(H,18,19)/t13-/m0/s1. The molecular weight excluding hydrogens is 257 g/mol. The normalized spacial score (nSPS) is 13.8. The van der Waals surface area contributed by atoms with Crippen molar-refractivity contribution in [3.63, 3.8) is 0 Å². The van der Waals surface area contributed by atoms with Crippen LogP contribution in [0.25, 0.3) is 10.9 Å². The fourth-order valence-electron chi connectivity index (χ4n) is 2.27. The van der Waals surface area contributed by atoms with Crippen molar-refractivity contribution >= 4 is 10.9 Å². The average Bonchev–Trinajstić information content (AvgIpc) is 2.95. The molecule has 0 saturated heterocycles. The maximum Gasteiger partial charge on any atom is 0.148 e. The monoisotopic (exact) mass is 279 g/mol. The topological polar surface area (TPSA) is 60.9 Å². The lowest BCUT2D eigenvalue weighted by Crippen LogP contribution is -2.43. The summed E-state index contributed by atoms with van der Waals surface area (Å²) in [6.45, 7) is 6.81. The number of H-pyrrole nitrogens is 1. The SMILES string of the molecule is CCC(C)(CC)NC[C@H](O)c1ccc(F)c2[nH]ncc12. The zero-order valence-corrected chi connectivity index (χ0v) is 12.2. The van der Waals surface area contributed by atoms with Crippen LogP contribution in [-0.2, 0) is 0 Å². The molecule has 0 aliphatic heterocycles. The lowest BCUT2D eigenvalue weighted by atomic mass is 9.94. The van der Waals surface area contributed by atoms with Crippen molar-refractivity contribution in [3.8, 4) is 0 Å². The van der Waals surface area contributed by atoms with Crippen molar-refractivity contribution in [2.75, 3.05) is 6.54 Å². The minimum atomic E-state index is -0.687. The van der Waals surface area contributed by atoms with Crippen molar-refractivity contribution in [1.29, 1.82) is 0 Å². The van der Waals surface area contributed by atoms with Crippen molar-refractivity contribution in [2.24, 2.45) is 0 Å². The van der Waals surface area contributed by atoms with Crippen LogP contribution in [0.2, 0.25) is 0 Å². The van der Waals surface area contributed by atoms with E-state index in [9.17, 15) is 9.50 Å². The number of nitrogens with zero attached hydrogens (tertiary/aromatic N) is 1. The van der Waals surface area contributed by atoms with E-state index in [0.29, 0.717) is 23.0 Å². The molecule has 110 valence electrons. The summed E-state index contributed by atoms with van der Waals surface area (Å²) in [4.78, 5) is 0. The Hall–Kier alpha value is -1.46. The Morgan fingerprint density at radius 1 is 1.40 bits per heavy atom. The minimum absolute atomic E-state index is 0.0104. The van der Waals surface area contributed by atoms with E-state index in [2.05, 4.69) is 36.3 Å². The molecule has 0 saturated carbocycles. The zero-order valence-electron chi connectivity index (χ0n) is 12.2. The van der Waals surface area contributed by atoms with Crippen LogP contribution in [-0.4, -0.2) is 27.4 Å². The van der Waals surface area contributed by atoms with E-state index in [0.717, 1.165) is 12.8 Å². The molecule has 0 unspecified atom stereocenters. The number of halogens is 1. The van der Waals surface area contributed by atoms with Gasteiger partial charge in [0.2, 0.25) is 0 Å². The summed E-state index contributed by atoms with van der Waals surface area (Å²) in [5.74, 6) is -0.353. The Kier molecular flexibility index (Phi) is 4.40. The molecule has 4 nitrogen and oxygen atoms in total. The zero-order chi connectivity index (χ0) is 14.8. The second-order valence-corrected chi connectivity index (χ2v) is 5.46. The number of aliphatic hydroxyl groups excluding tert-OH is 1. The molecule has 2 aromatic rings. The first-order valence-electron chi connectivity index (χ1n) is 7.05. The fourth-order valence-corrected chi connectivity index (χ4v) is 2.27. The van der Waals surface area contributed by atoms with Gasteiger partial charge in [0, 0.05) is 17.5 Å². The highest BCUT2D eigenvalue weighted by molar-refractivity contribution is 5.82. The Balaban J connectivity index is 2.18. The highest BCUT2D eigenvalue weighted by Crippen LogP contribution is 2.25. The van der Waals surface area contributed by atoms with Gasteiger partial charge in [0.15, 0.2) is 0 Å². The number of aromatic nitrogens is 2. The predicted molar refractivity (Wildman–Crippen MR) is 78.0 cm³/mol.